The van der Waals surface area contributed by atoms with Crippen molar-refractivity contribution in [2.75, 3.05) is 36.9 Å². The Morgan fingerprint density at radius 1 is 1.33 bits per heavy atom. The minimum absolute atomic E-state index is 0.474. The standard InChI is InChI=1S/C11H15FN2O/c12-8-9-7-10(13)1-2-11(9)14-3-5-15-6-4-14/h1-2,7H,3-6,8,13H2. The van der Waals surface area contributed by atoms with Gasteiger partial charge >= 0.3 is 0 Å². The molecule has 2 rings (SSSR count). The smallest absolute Gasteiger partial charge is 0.117 e. The SMILES string of the molecule is Nc1ccc(N2CCOCC2)c(CF)c1. The molecule has 2 N–H and O–H groups in total. The molecule has 0 aromatic heterocycles. The summed E-state index contributed by atoms with van der Waals surface area (Å²) in [6, 6.07) is 5.39. The third-order valence-electron chi connectivity index (χ3n) is 2.60. The molecule has 1 aliphatic heterocycles. The van der Waals surface area contributed by atoms with Crippen LogP contribution in [0.2, 0.25) is 0 Å². The molecule has 1 aromatic rings. The third kappa shape index (κ3) is 2.21. The molecule has 1 aromatic carbocycles. The van der Waals surface area contributed by atoms with Gasteiger partial charge in [-0.1, -0.05) is 0 Å². The molecule has 0 radical (unpaired) electrons. The number of hydrogen-bond donors (Lipinski definition) is 1. The maximum Gasteiger partial charge on any atom is 0.117 e. The molecule has 0 saturated carbocycles. The van der Waals surface area contributed by atoms with Crippen molar-refractivity contribution in [1.82, 2.24) is 0 Å². The lowest BCUT2D eigenvalue weighted by Gasteiger charge is -2.30. The maximum absolute atomic E-state index is 12.8. The van der Waals surface area contributed by atoms with Crippen LogP contribution in [0.3, 0.4) is 0 Å². The summed E-state index contributed by atoms with van der Waals surface area (Å²) >= 11 is 0. The molecule has 1 heterocycles. The van der Waals surface area contributed by atoms with E-state index in [0.717, 1.165) is 18.8 Å². The fourth-order valence-electron chi connectivity index (χ4n) is 1.83. The van der Waals surface area contributed by atoms with Crippen LogP contribution in [0.25, 0.3) is 0 Å². The average Bonchev–Trinajstić information content (AvgIpc) is 2.30. The lowest BCUT2D eigenvalue weighted by molar-refractivity contribution is 0.122. The van der Waals surface area contributed by atoms with Crippen molar-refractivity contribution in [2.24, 2.45) is 0 Å². The first-order chi connectivity index (χ1) is 7.31. The van der Waals surface area contributed by atoms with Crippen LogP contribution in [0, 0.1) is 0 Å². The van der Waals surface area contributed by atoms with E-state index in [4.69, 9.17) is 10.5 Å². The molecule has 1 fully saturated rings. The van der Waals surface area contributed by atoms with Crippen LogP contribution >= 0.6 is 0 Å². The number of rotatable bonds is 2. The van der Waals surface area contributed by atoms with E-state index in [0.29, 0.717) is 24.5 Å². The highest BCUT2D eigenvalue weighted by atomic mass is 19.1. The number of halogens is 1. The summed E-state index contributed by atoms with van der Waals surface area (Å²) in [5.74, 6) is 0. The summed E-state index contributed by atoms with van der Waals surface area (Å²) in [7, 11) is 0. The van der Waals surface area contributed by atoms with E-state index in [1.165, 1.54) is 0 Å². The Labute approximate surface area is 88.6 Å². The fourth-order valence-corrected chi connectivity index (χ4v) is 1.83. The Kier molecular flexibility index (Phi) is 3.06. The monoisotopic (exact) mass is 210 g/mol. The molecule has 0 unspecified atom stereocenters. The zero-order valence-electron chi connectivity index (χ0n) is 8.58. The van der Waals surface area contributed by atoms with Crippen LogP contribution in [0.15, 0.2) is 18.2 Å². The zero-order valence-corrected chi connectivity index (χ0v) is 8.58. The van der Waals surface area contributed by atoms with Gasteiger partial charge in [-0.3, -0.25) is 0 Å². The molecule has 3 nitrogen and oxygen atoms in total. The molecule has 0 atom stereocenters. The van der Waals surface area contributed by atoms with Gasteiger partial charge in [-0.25, -0.2) is 4.39 Å². The Bertz CT molecular complexity index is 337. The van der Waals surface area contributed by atoms with Gasteiger partial charge in [0.1, 0.15) is 6.67 Å². The summed E-state index contributed by atoms with van der Waals surface area (Å²) in [4.78, 5) is 2.14. The van der Waals surface area contributed by atoms with Gasteiger partial charge in [0.25, 0.3) is 0 Å². The predicted octanol–water partition coefficient (Wildman–Crippen LogP) is 1.57. The molecule has 0 bridgehead atoms. The van der Waals surface area contributed by atoms with E-state index < -0.39 is 6.67 Å². The number of anilines is 2. The number of alkyl halides is 1. The van der Waals surface area contributed by atoms with Crippen molar-refractivity contribution in [1.29, 1.82) is 0 Å². The molecule has 82 valence electrons. The summed E-state index contributed by atoms with van der Waals surface area (Å²) in [6.45, 7) is 2.57. The maximum atomic E-state index is 12.8. The molecule has 15 heavy (non-hydrogen) atoms. The van der Waals surface area contributed by atoms with E-state index in [2.05, 4.69) is 4.90 Å². The average molecular weight is 210 g/mol. The second-order valence-electron chi connectivity index (χ2n) is 3.62. The van der Waals surface area contributed by atoms with Gasteiger partial charge in [-0.15, -0.1) is 0 Å². The molecule has 0 amide bonds. The van der Waals surface area contributed by atoms with E-state index in [-0.39, 0.29) is 0 Å². The summed E-state index contributed by atoms with van der Waals surface area (Å²) in [5.41, 5.74) is 7.84. The van der Waals surface area contributed by atoms with Gasteiger partial charge in [0.05, 0.1) is 13.2 Å². The Morgan fingerprint density at radius 3 is 2.73 bits per heavy atom. The molecule has 4 heteroatoms. The van der Waals surface area contributed by atoms with E-state index in [1.807, 2.05) is 12.1 Å². The van der Waals surface area contributed by atoms with Gasteiger partial charge < -0.3 is 15.4 Å². The number of hydrogen-bond acceptors (Lipinski definition) is 3. The Balaban J connectivity index is 2.25. The molecular weight excluding hydrogens is 195 g/mol. The second kappa shape index (κ2) is 4.49. The minimum atomic E-state index is -0.474. The van der Waals surface area contributed by atoms with E-state index in [1.54, 1.807) is 6.07 Å². The van der Waals surface area contributed by atoms with Crippen LogP contribution in [-0.2, 0) is 11.4 Å². The normalized spacial score (nSPS) is 16.7. The number of nitrogens with zero attached hydrogens (tertiary/aromatic N) is 1. The molecule has 0 aliphatic carbocycles. The molecule has 1 aliphatic rings. The quantitative estimate of drug-likeness (QED) is 0.753. The van der Waals surface area contributed by atoms with Crippen LogP contribution in [0.1, 0.15) is 5.56 Å². The number of morpholine rings is 1. The highest BCUT2D eigenvalue weighted by Gasteiger charge is 2.14. The van der Waals surface area contributed by atoms with E-state index in [9.17, 15) is 4.39 Å². The van der Waals surface area contributed by atoms with Crippen molar-refractivity contribution in [3.05, 3.63) is 23.8 Å². The first kappa shape index (κ1) is 10.2. The van der Waals surface area contributed by atoms with Crippen molar-refractivity contribution >= 4 is 11.4 Å². The Hall–Kier alpha value is -1.29. The lowest BCUT2D eigenvalue weighted by Crippen LogP contribution is -2.36. The number of ether oxygens (including phenoxy) is 1. The highest BCUT2D eigenvalue weighted by molar-refractivity contribution is 5.59. The van der Waals surface area contributed by atoms with Crippen LogP contribution in [0.5, 0.6) is 0 Å². The zero-order chi connectivity index (χ0) is 10.7. The minimum Gasteiger partial charge on any atom is -0.399 e. The van der Waals surface area contributed by atoms with Crippen molar-refractivity contribution in [2.45, 2.75) is 6.67 Å². The highest BCUT2D eigenvalue weighted by Crippen LogP contribution is 2.24. The lowest BCUT2D eigenvalue weighted by atomic mass is 10.1. The van der Waals surface area contributed by atoms with Gasteiger partial charge in [0, 0.05) is 30.0 Å². The van der Waals surface area contributed by atoms with Gasteiger partial charge in [0.15, 0.2) is 0 Å². The van der Waals surface area contributed by atoms with Gasteiger partial charge in [-0.05, 0) is 18.2 Å². The summed E-state index contributed by atoms with van der Waals surface area (Å²) in [6.07, 6.45) is 0. The fraction of sp³-hybridized carbons (Fsp3) is 0.455. The second-order valence-corrected chi connectivity index (χ2v) is 3.62. The number of nitrogens with two attached hydrogens (primary N) is 1. The van der Waals surface area contributed by atoms with Crippen LogP contribution in [-0.4, -0.2) is 26.3 Å². The number of nitrogen functional groups attached to an aromatic ring is 1. The van der Waals surface area contributed by atoms with Crippen molar-refractivity contribution < 1.29 is 9.13 Å². The first-order valence-electron chi connectivity index (χ1n) is 5.08. The Morgan fingerprint density at radius 2 is 2.07 bits per heavy atom. The molecule has 1 saturated heterocycles. The van der Waals surface area contributed by atoms with E-state index >= 15 is 0 Å². The van der Waals surface area contributed by atoms with Crippen LogP contribution < -0.4 is 10.6 Å². The van der Waals surface area contributed by atoms with Crippen molar-refractivity contribution in [3.63, 3.8) is 0 Å². The summed E-state index contributed by atoms with van der Waals surface area (Å²) < 4.78 is 18.1. The summed E-state index contributed by atoms with van der Waals surface area (Å²) in [5, 5.41) is 0. The molecule has 0 spiro atoms. The van der Waals surface area contributed by atoms with Gasteiger partial charge in [-0.2, -0.15) is 0 Å². The van der Waals surface area contributed by atoms with Crippen LogP contribution in [0.4, 0.5) is 15.8 Å². The first-order valence-corrected chi connectivity index (χ1v) is 5.08. The van der Waals surface area contributed by atoms with Gasteiger partial charge in [0.2, 0.25) is 0 Å². The largest absolute Gasteiger partial charge is 0.399 e. The van der Waals surface area contributed by atoms with Crippen molar-refractivity contribution in [3.8, 4) is 0 Å². The predicted molar refractivity (Wildman–Crippen MR) is 58.7 cm³/mol. The number of benzene rings is 1. The molecular formula is C11H15FN2O. The topological polar surface area (TPSA) is 38.5 Å². The third-order valence-corrected chi connectivity index (χ3v) is 2.60.